The summed E-state index contributed by atoms with van der Waals surface area (Å²) in [5.74, 6) is -1.68. The minimum atomic E-state index is -0.659. The summed E-state index contributed by atoms with van der Waals surface area (Å²) in [6.45, 7) is 1.60. The third-order valence-electron chi connectivity index (χ3n) is 2.71. The molecule has 0 radical (unpaired) electrons. The van der Waals surface area contributed by atoms with Crippen LogP contribution in [0.1, 0.15) is 26.4 Å². The number of H-pyrrole nitrogens is 1. The SMILES string of the molecule is COC(=O)c1[nH]ncc1NC(=O)c1ccc(C)c(F)c1. The zero-order valence-corrected chi connectivity index (χ0v) is 10.9. The van der Waals surface area contributed by atoms with Gasteiger partial charge in [0.15, 0.2) is 5.69 Å². The number of carbonyl (C=O) groups is 2. The third kappa shape index (κ3) is 2.66. The molecule has 1 aromatic heterocycles. The maximum absolute atomic E-state index is 13.4. The van der Waals surface area contributed by atoms with Gasteiger partial charge in [0, 0.05) is 5.56 Å². The second-order valence-corrected chi connectivity index (χ2v) is 4.07. The van der Waals surface area contributed by atoms with Crippen molar-refractivity contribution in [1.29, 1.82) is 0 Å². The van der Waals surface area contributed by atoms with Crippen LogP contribution >= 0.6 is 0 Å². The second kappa shape index (κ2) is 5.52. The monoisotopic (exact) mass is 277 g/mol. The lowest BCUT2D eigenvalue weighted by Gasteiger charge is -2.05. The standard InChI is InChI=1S/C13H12FN3O3/c1-7-3-4-8(5-9(7)14)12(18)16-10-6-15-17-11(10)13(19)20-2/h3-6H,1-2H3,(H,15,17)(H,16,18). The molecule has 0 unspecified atom stereocenters. The second-order valence-electron chi connectivity index (χ2n) is 4.07. The fourth-order valence-corrected chi connectivity index (χ4v) is 1.57. The molecule has 6 nitrogen and oxygen atoms in total. The van der Waals surface area contributed by atoms with Crippen LogP contribution in [0.3, 0.4) is 0 Å². The first-order valence-electron chi connectivity index (χ1n) is 5.72. The van der Waals surface area contributed by atoms with E-state index in [1.54, 1.807) is 6.92 Å². The van der Waals surface area contributed by atoms with Gasteiger partial charge in [-0.15, -0.1) is 0 Å². The minimum absolute atomic E-state index is 0.0217. The lowest BCUT2D eigenvalue weighted by molar-refractivity contribution is 0.0595. The number of halogens is 1. The smallest absolute Gasteiger partial charge is 0.358 e. The van der Waals surface area contributed by atoms with Crippen LogP contribution in [-0.2, 0) is 4.74 Å². The van der Waals surface area contributed by atoms with Gasteiger partial charge < -0.3 is 10.1 Å². The summed E-state index contributed by atoms with van der Waals surface area (Å²) in [5, 5.41) is 8.54. The Morgan fingerprint density at radius 3 is 2.80 bits per heavy atom. The number of aryl methyl sites for hydroxylation is 1. The molecule has 7 heteroatoms. The Labute approximate surface area is 113 Å². The molecule has 0 spiro atoms. The number of ether oxygens (including phenoxy) is 1. The van der Waals surface area contributed by atoms with Crippen molar-refractivity contribution in [3.05, 3.63) is 47.0 Å². The van der Waals surface area contributed by atoms with E-state index in [2.05, 4.69) is 20.3 Å². The number of esters is 1. The molecule has 0 saturated heterocycles. The minimum Gasteiger partial charge on any atom is -0.464 e. The average Bonchev–Trinajstić information content (AvgIpc) is 2.89. The van der Waals surface area contributed by atoms with Crippen LogP contribution in [0.15, 0.2) is 24.4 Å². The molecule has 1 aromatic carbocycles. The first-order valence-corrected chi connectivity index (χ1v) is 5.72. The normalized spacial score (nSPS) is 10.2. The van der Waals surface area contributed by atoms with Crippen molar-refractivity contribution in [1.82, 2.24) is 10.2 Å². The summed E-state index contributed by atoms with van der Waals surface area (Å²) in [7, 11) is 1.21. The van der Waals surface area contributed by atoms with Crippen molar-refractivity contribution in [2.45, 2.75) is 6.92 Å². The number of carbonyl (C=O) groups excluding carboxylic acids is 2. The van der Waals surface area contributed by atoms with E-state index in [0.717, 1.165) is 6.07 Å². The van der Waals surface area contributed by atoms with E-state index in [1.165, 1.54) is 25.4 Å². The number of aromatic nitrogens is 2. The largest absolute Gasteiger partial charge is 0.464 e. The van der Waals surface area contributed by atoms with E-state index in [4.69, 9.17) is 0 Å². The zero-order valence-electron chi connectivity index (χ0n) is 10.9. The van der Waals surface area contributed by atoms with Gasteiger partial charge in [-0.1, -0.05) is 6.07 Å². The summed E-state index contributed by atoms with van der Waals surface area (Å²) in [5.41, 5.74) is 0.779. The number of amides is 1. The van der Waals surface area contributed by atoms with Crippen LogP contribution in [0, 0.1) is 12.7 Å². The molecule has 0 aliphatic heterocycles. The van der Waals surface area contributed by atoms with Gasteiger partial charge >= 0.3 is 5.97 Å². The Kier molecular flexibility index (Phi) is 3.79. The van der Waals surface area contributed by atoms with E-state index in [9.17, 15) is 14.0 Å². The van der Waals surface area contributed by atoms with Crippen LogP contribution in [0.25, 0.3) is 0 Å². The molecule has 2 aromatic rings. The van der Waals surface area contributed by atoms with E-state index in [1.807, 2.05) is 0 Å². The highest BCUT2D eigenvalue weighted by Gasteiger charge is 2.17. The summed E-state index contributed by atoms with van der Waals surface area (Å²) < 4.78 is 17.9. The Morgan fingerprint density at radius 2 is 2.15 bits per heavy atom. The van der Waals surface area contributed by atoms with Crippen LogP contribution in [-0.4, -0.2) is 29.2 Å². The number of nitrogens with zero attached hydrogens (tertiary/aromatic N) is 1. The van der Waals surface area contributed by atoms with Crippen molar-refractivity contribution in [3.8, 4) is 0 Å². The topological polar surface area (TPSA) is 84.1 Å². The van der Waals surface area contributed by atoms with Crippen LogP contribution in [0.2, 0.25) is 0 Å². The average molecular weight is 277 g/mol. The number of hydrogen-bond donors (Lipinski definition) is 2. The molecule has 0 aliphatic rings. The molecule has 20 heavy (non-hydrogen) atoms. The predicted octanol–water partition coefficient (Wildman–Crippen LogP) is 1.90. The molecule has 1 heterocycles. The molecule has 2 N–H and O–H groups in total. The Bertz CT molecular complexity index is 667. The van der Waals surface area contributed by atoms with Gasteiger partial charge in [0.05, 0.1) is 19.0 Å². The third-order valence-corrected chi connectivity index (χ3v) is 2.71. The molecule has 0 atom stereocenters. The van der Waals surface area contributed by atoms with Crippen LogP contribution in [0.4, 0.5) is 10.1 Å². The molecule has 0 aliphatic carbocycles. The van der Waals surface area contributed by atoms with Gasteiger partial charge in [0.25, 0.3) is 5.91 Å². The fraction of sp³-hybridized carbons (Fsp3) is 0.154. The van der Waals surface area contributed by atoms with Gasteiger partial charge in [0.2, 0.25) is 0 Å². The van der Waals surface area contributed by atoms with Gasteiger partial charge in [-0.25, -0.2) is 9.18 Å². The van der Waals surface area contributed by atoms with E-state index < -0.39 is 17.7 Å². The highest BCUT2D eigenvalue weighted by Crippen LogP contribution is 2.15. The zero-order chi connectivity index (χ0) is 14.7. The van der Waals surface area contributed by atoms with E-state index in [-0.39, 0.29) is 16.9 Å². The van der Waals surface area contributed by atoms with Crippen molar-refractivity contribution in [2.24, 2.45) is 0 Å². The Balaban J connectivity index is 2.22. The summed E-state index contributed by atoms with van der Waals surface area (Å²) in [4.78, 5) is 23.4. The molecular weight excluding hydrogens is 265 g/mol. The van der Waals surface area contributed by atoms with E-state index >= 15 is 0 Å². The first-order chi connectivity index (χ1) is 9.52. The molecule has 0 saturated carbocycles. The number of benzene rings is 1. The van der Waals surface area contributed by atoms with Crippen molar-refractivity contribution in [3.63, 3.8) is 0 Å². The van der Waals surface area contributed by atoms with Gasteiger partial charge in [-0.3, -0.25) is 9.89 Å². The van der Waals surface area contributed by atoms with Crippen molar-refractivity contribution in [2.75, 3.05) is 12.4 Å². The van der Waals surface area contributed by atoms with Crippen molar-refractivity contribution >= 4 is 17.6 Å². The molecular formula is C13H12FN3O3. The lowest BCUT2D eigenvalue weighted by Crippen LogP contribution is -2.15. The van der Waals surface area contributed by atoms with Crippen LogP contribution < -0.4 is 5.32 Å². The van der Waals surface area contributed by atoms with E-state index in [0.29, 0.717) is 5.56 Å². The molecule has 0 bridgehead atoms. The highest BCUT2D eigenvalue weighted by atomic mass is 19.1. The molecule has 2 rings (SSSR count). The van der Waals surface area contributed by atoms with Crippen LogP contribution in [0.5, 0.6) is 0 Å². The Hall–Kier alpha value is -2.70. The summed E-state index contributed by atoms with van der Waals surface area (Å²) >= 11 is 0. The van der Waals surface area contributed by atoms with Gasteiger partial charge in [-0.2, -0.15) is 5.10 Å². The molecule has 0 fully saturated rings. The predicted molar refractivity (Wildman–Crippen MR) is 69.0 cm³/mol. The Morgan fingerprint density at radius 1 is 1.40 bits per heavy atom. The number of methoxy groups -OCH3 is 1. The van der Waals surface area contributed by atoms with Crippen molar-refractivity contribution < 1.29 is 18.7 Å². The molecule has 104 valence electrons. The number of hydrogen-bond acceptors (Lipinski definition) is 4. The lowest BCUT2D eigenvalue weighted by atomic mass is 10.1. The van der Waals surface area contributed by atoms with Gasteiger partial charge in [-0.05, 0) is 24.6 Å². The number of anilines is 1. The fourth-order valence-electron chi connectivity index (χ4n) is 1.57. The highest BCUT2D eigenvalue weighted by molar-refractivity contribution is 6.07. The maximum atomic E-state index is 13.4. The number of rotatable bonds is 3. The first kappa shape index (κ1) is 13.7. The maximum Gasteiger partial charge on any atom is 0.358 e. The summed E-state index contributed by atoms with van der Waals surface area (Å²) in [6, 6.07) is 4.12. The number of aromatic amines is 1. The quantitative estimate of drug-likeness (QED) is 0.839. The number of nitrogens with one attached hydrogen (secondary N) is 2. The summed E-state index contributed by atoms with van der Waals surface area (Å²) in [6.07, 6.45) is 1.27. The molecule has 1 amide bonds. The van der Waals surface area contributed by atoms with Gasteiger partial charge in [0.1, 0.15) is 5.82 Å².